The van der Waals surface area contributed by atoms with Crippen LogP contribution in [0.2, 0.25) is 0 Å². The minimum atomic E-state index is -1.84. The maximum atomic E-state index is 14.9. The van der Waals surface area contributed by atoms with Gasteiger partial charge in [-0.1, -0.05) is 51.1 Å². The predicted molar refractivity (Wildman–Crippen MR) is 364 cm³/mol. The fraction of sp³-hybridized carbons (Fsp3) is 0.697. The van der Waals surface area contributed by atoms with E-state index in [0.29, 0.717) is 5.56 Å². The highest BCUT2D eigenvalue weighted by Gasteiger charge is 2.37. The molecule has 0 spiro atoms. The molecule has 2 rings (SSSR count). The lowest BCUT2D eigenvalue weighted by Crippen LogP contribution is -2.61. The molecule has 1 aliphatic rings. The molecule has 1 aromatic carbocycles. The lowest BCUT2D eigenvalue weighted by atomic mass is 10.00. The molecule has 1 heterocycles. The van der Waals surface area contributed by atoms with Crippen molar-refractivity contribution in [1.82, 2.24) is 74.4 Å². The van der Waals surface area contributed by atoms with Crippen molar-refractivity contribution in [2.75, 3.05) is 39.3 Å². The molecule has 34 nitrogen and oxygen atoms in total. The molecule has 1 saturated heterocycles. The Morgan fingerprint density at radius 2 is 0.880 bits per heavy atom. The van der Waals surface area contributed by atoms with Gasteiger partial charge >= 0.3 is 24.4 Å². The van der Waals surface area contributed by atoms with E-state index in [-0.39, 0.29) is 57.8 Å². The van der Waals surface area contributed by atoms with Gasteiger partial charge < -0.3 is 104 Å². The summed E-state index contributed by atoms with van der Waals surface area (Å²) in [7, 11) is 0. The summed E-state index contributed by atoms with van der Waals surface area (Å²) in [6.45, 7) is 24.3. The van der Waals surface area contributed by atoms with E-state index in [9.17, 15) is 77.3 Å². The van der Waals surface area contributed by atoms with Gasteiger partial charge in [-0.25, -0.2) is 19.2 Å². The van der Waals surface area contributed by atoms with Crippen molar-refractivity contribution in [3.05, 3.63) is 35.9 Å². The number of benzene rings is 1. The highest BCUT2D eigenvalue weighted by atomic mass is 16.6. The monoisotopic (exact) mass is 1420 g/mol. The minimum absolute atomic E-state index is 0.00671. The van der Waals surface area contributed by atoms with Crippen LogP contribution in [0.15, 0.2) is 30.3 Å². The number of alkyl carbamates (subject to hydrolysis) is 4. The van der Waals surface area contributed by atoms with Crippen LogP contribution in [0.1, 0.15) is 162 Å². The van der Waals surface area contributed by atoms with Gasteiger partial charge in [0.1, 0.15) is 70.7 Å². The Balaban J connectivity index is 2.87. The Bertz CT molecular complexity index is 2940. The summed E-state index contributed by atoms with van der Waals surface area (Å²) in [5, 5.41) is 56.8. The zero-order chi connectivity index (χ0) is 76.0. The molecule has 0 saturated carbocycles. The normalized spacial score (nSPS) is 20.9. The van der Waals surface area contributed by atoms with Crippen LogP contribution in [-0.2, 0) is 73.3 Å². The molecule has 34 heteroatoms. The van der Waals surface area contributed by atoms with Crippen LogP contribution >= 0.6 is 0 Å². The van der Waals surface area contributed by atoms with Crippen molar-refractivity contribution < 1.29 is 96.3 Å². The van der Waals surface area contributed by atoms with Crippen molar-refractivity contribution in [2.45, 2.75) is 246 Å². The van der Waals surface area contributed by atoms with Crippen LogP contribution in [0.3, 0.4) is 0 Å². The highest BCUT2D eigenvalue weighted by Crippen LogP contribution is 2.14. The van der Waals surface area contributed by atoms with Crippen molar-refractivity contribution >= 4 is 83.4 Å². The molecule has 1 aliphatic heterocycles. The highest BCUT2D eigenvalue weighted by molar-refractivity contribution is 5.98. The van der Waals surface area contributed by atoms with Crippen LogP contribution in [0.25, 0.3) is 0 Å². The smallest absolute Gasteiger partial charge is 0.407 e. The Morgan fingerprint density at radius 1 is 0.490 bits per heavy atom. The van der Waals surface area contributed by atoms with E-state index >= 15 is 0 Å². The second-order valence-corrected chi connectivity index (χ2v) is 28.8. The van der Waals surface area contributed by atoms with Crippen LogP contribution in [0.4, 0.5) is 19.2 Å². The number of ether oxygens (including phenoxy) is 4. The maximum absolute atomic E-state index is 14.9. The average Bonchev–Trinajstić information content (AvgIpc) is 0.938. The number of nitrogens with one attached hydrogen (secondary N) is 14. The molecular weight excluding hydrogens is 1310 g/mol. The van der Waals surface area contributed by atoms with Crippen molar-refractivity contribution in [3.63, 3.8) is 0 Å². The Labute approximate surface area is 584 Å². The minimum Gasteiger partial charge on any atom is -0.444 e. The summed E-state index contributed by atoms with van der Waals surface area (Å²) in [6, 6.07) is -4.94. The third-order valence-electron chi connectivity index (χ3n) is 14.1. The van der Waals surface area contributed by atoms with E-state index in [2.05, 4.69) is 74.4 Å². The molecular formula is C66H110N14O20. The summed E-state index contributed by atoms with van der Waals surface area (Å²) < 4.78 is 21.3. The predicted octanol–water partition coefficient (Wildman–Crippen LogP) is -0.153. The van der Waals surface area contributed by atoms with E-state index in [1.807, 2.05) is 0 Å². The number of aliphatic hydroxyl groups excluding tert-OH is 2. The second kappa shape index (κ2) is 40.9. The van der Waals surface area contributed by atoms with Gasteiger partial charge in [0.05, 0.1) is 18.8 Å². The van der Waals surface area contributed by atoms with Gasteiger partial charge in [-0.3, -0.25) is 47.9 Å². The lowest BCUT2D eigenvalue weighted by molar-refractivity contribution is -0.136. The number of rotatable bonds is 24. The summed E-state index contributed by atoms with van der Waals surface area (Å²) in [5.74, 6) is -11.3. The molecule has 0 unspecified atom stereocenters. The first-order valence-corrected chi connectivity index (χ1v) is 33.5. The van der Waals surface area contributed by atoms with Crippen LogP contribution in [0.5, 0.6) is 0 Å². The van der Waals surface area contributed by atoms with Crippen LogP contribution < -0.4 is 74.4 Å². The summed E-state index contributed by atoms with van der Waals surface area (Å²) in [6.07, 6.45) is -8.65. The number of carbonyl (C=O) groups excluding carboxylic acids is 14. The molecule has 0 radical (unpaired) electrons. The molecule has 14 amide bonds. The van der Waals surface area contributed by atoms with Crippen molar-refractivity contribution in [1.29, 1.82) is 0 Å². The van der Waals surface area contributed by atoms with E-state index in [4.69, 9.17) is 18.9 Å². The molecule has 1 fully saturated rings. The van der Waals surface area contributed by atoms with E-state index in [1.165, 1.54) is 13.8 Å². The fourth-order valence-electron chi connectivity index (χ4n) is 9.27. The number of hydrogen-bond acceptors (Lipinski definition) is 20. The van der Waals surface area contributed by atoms with Crippen LogP contribution in [-0.4, -0.2) is 216 Å². The lowest BCUT2D eigenvalue weighted by Gasteiger charge is -2.29. The second-order valence-electron chi connectivity index (χ2n) is 28.8. The summed E-state index contributed by atoms with van der Waals surface area (Å²) in [4.78, 5) is 194. The van der Waals surface area contributed by atoms with Gasteiger partial charge in [0.2, 0.25) is 59.1 Å². The Kier molecular flexibility index (Phi) is 35.5. The number of aliphatic hydroxyl groups is 2. The molecule has 0 aliphatic carbocycles. The Morgan fingerprint density at radius 3 is 1.30 bits per heavy atom. The van der Waals surface area contributed by atoms with E-state index < -0.39 is 205 Å². The van der Waals surface area contributed by atoms with E-state index in [1.54, 1.807) is 127 Å². The number of carbonyl (C=O) groups is 14. The number of amides is 14. The van der Waals surface area contributed by atoms with Gasteiger partial charge in [-0.05, 0) is 147 Å². The van der Waals surface area contributed by atoms with Crippen LogP contribution in [0, 0.1) is 11.8 Å². The summed E-state index contributed by atoms with van der Waals surface area (Å²) >= 11 is 0. The number of hydrogen-bond donors (Lipinski definition) is 16. The molecule has 0 aromatic heterocycles. The first-order valence-electron chi connectivity index (χ1n) is 33.5. The first kappa shape index (κ1) is 87.0. The molecule has 16 N–H and O–H groups in total. The van der Waals surface area contributed by atoms with Gasteiger partial charge in [0, 0.05) is 45.1 Å². The van der Waals surface area contributed by atoms with Gasteiger partial charge in [-0.2, -0.15) is 0 Å². The molecule has 1 aromatic rings. The largest absolute Gasteiger partial charge is 0.444 e. The zero-order valence-electron chi connectivity index (χ0n) is 60.8. The standard InChI is InChI=1S/C66H110N14O20/c1-36(2)33-45-55(89)76-42(25-30-69-60(94)98-64(9,10)11)52(86)75-44(27-32-71-62(96)100-66(15,16)17)54(88)80-48(38(4)81)57(91)67-29-24-41(73-47(83)35-72-58(92)49(39(5)82)79-50(84)37(3)23-28-68-59(93)97-63(6,7)8)51(85)74-43(26-31-70-61(95)99-65(12,13)14)53(87)78-46(56(90)77-45)34-40-21-19-18-20-22-40/h18-22,36-39,41-46,48-49,81-82H,23-35H2,1-17H3,(H,67,91)(H,68,93)(H,69,94)(H,70,95)(H,71,96)(H,72,92)(H,73,83)(H,74,85)(H,75,86)(H,76,89)(H,77,90)(H,78,87)(H,79,84)(H,80,88)/t37-,38+,39+,41-,42-,43-,44-,45-,46+,48-,49-/m0/s1. The quantitative estimate of drug-likeness (QED) is 0.0598. The Hall–Kier alpha value is -9.08. The SMILES string of the molecule is CC(C)C[C@@H]1NC(=O)[C@@H](Cc2ccccc2)NC(=O)[C@H](CCNC(=O)OC(C)(C)C)NC(=O)[C@@H](NC(=O)CNC(=O)[C@@H](NC(=O)[C@@H](C)CCNC(=O)OC(C)(C)C)[C@@H](C)O)CCNC(=O)[C@H]([C@@H](C)O)NC(=O)[C@H](CCNC(=O)OC(C)(C)C)NC(=O)[C@H](CCNC(=O)OC(C)(C)C)NC1=O. The zero-order valence-corrected chi connectivity index (χ0v) is 60.8. The third kappa shape index (κ3) is 36.1. The fourth-order valence-corrected chi connectivity index (χ4v) is 9.27. The van der Waals surface area contributed by atoms with Gasteiger partial charge in [0.25, 0.3) is 0 Å². The molecule has 0 bridgehead atoms. The van der Waals surface area contributed by atoms with E-state index in [0.717, 1.165) is 6.92 Å². The van der Waals surface area contributed by atoms with Gasteiger partial charge in [0.15, 0.2) is 0 Å². The molecule has 11 atom stereocenters. The molecule has 100 heavy (non-hydrogen) atoms. The molecule has 564 valence electrons. The third-order valence-corrected chi connectivity index (χ3v) is 14.1. The van der Waals surface area contributed by atoms with Crippen molar-refractivity contribution in [3.8, 4) is 0 Å². The summed E-state index contributed by atoms with van der Waals surface area (Å²) in [5.41, 5.74) is -3.16. The van der Waals surface area contributed by atoms with Crippen molar-refractivity contribution in [2.24, 2.45) is 11.8 Å². The first-order chi connectivity index (χ1) is 46.2. The van der Waals surface area contributed by atoms with Gasteiger partial charge in [-0.15, -0.1) is 0 Å². The topological polar surface area (TPSA) is 485 Å². The average molecular weight is 1420 g/mol. The maximum Gasteiger partial charge on any atom is 0.407 e.